The minimum absolute atomic E-state index is 0.212. The van der Waals surface area contributed by atoms with Crippen molar-refractivity contribution in [2.75, 3.05) is 26.3 Å². The van der Waals surface area contributed by atoms with Gasteiger partial charge in [-0.15, -0.1) is 0 Å². The van der Waals surface area contributed by atoms with Gasteiger partial charge in [-0.2, -0.15) is 0 Å². The Hall–Kier alpha value is -2.76. The van der Waals surface area contributed by atoms with E-state index in [-0.39, 0.29) is 11.8 Å². The molecule has 0 aliphatic rings. The molecule has 2 aromatic rings. The zero-order valence-electron chi connectivity index (χ0n) is 14.0. The molecule has 0 saturated heterocycles. The van der Waals surface area contributed by atoms with E-state index < -0.39 is 0 Å². The summed E-state index contributed by atoms with van der Waals surface area (Å²) in [6, 6.07) is 15.2. The Bertz CT molecular complexity index is 620. The van der Waals surface area contributed by atoms with Gasteiger partial charge in [-0.25, -0.2) is 9.18 Å². The molecule has 134 valence electrons. The maximum absolute atomic E-state index is 12.7. The summed E-state index contributed by atoms with van der Waals surface area (Å²) in [6.45, 7) is 1.95. The van der Waals surface area contributed by atoms with Crippen molar-refractivity contribution in [2.24, 2.45) is 0 Å². The number of urea groups is 1. The minimum atomic E-state index is -0.281. The lowest BCUT2D eigenvalue weighted by Gasteiger charge is -2.09. The summed E-state index contributed by atoms with van der Waals surface area (Å²) in [7, 11) is 0. The van der Waals surface area contributed by atoms with Crippen LogP contribution >= 0.6 is 0 Å². The molecule has 5 nitrogen and oxygen atoms in total. The van der Waals surface area contributed by atoms with E-state index in [9.17, 15) is 9.18 Å². The van der Waals surface area contributed by atoms with E-state index in [4.69, 9.17) is 9.47 Å². The van der Waals surface area contributed by atoms with Crippen LogP contribution in [0.25, 0.3) is 0 Å². The molecule has 0 aliphatic heterocycles. The van der Waals surface area contributed by atoms with Gasteiger partial charge in [-0.1, -0.05) is 18.2 Å². The number of benzene rings is 2. The van der Waals surface area contributed by atoms with E-state index in [0.717, 1.165) is 18.6 Å². The molecule has 0 atom stereocenters. The predicted octanol–water partition coefficient (Wildman–Crippen LogP) is 3.36. The molecule has 0 heterocycles. The fourth-order valence-corrected chi connectivity index (χ4v) is 2.06. The van der Waals surface area contributed by atoms with E-state index in [1.54, 1.807) is 12.1 Å². The highest BCUT2D eigenvalue weighted by Crippen LogP contribution is 2.11. The largest absolute Gasteiger partial charge is 0.494 e. The molecule has 2 amide bonds. The number of nitrogens with one attached hydrogen (secondary N) is 2. The van der Waals surface area contributed by atoms with Crippen molar-refractivity contribution < 1.29 is 18.7 Å². The van der Waals surface area contributed by atoms with Crippen LogP contribution in [0.2, 0.25) is 0 Å². The SMILES string of the molecule is O=C(NCCCCOc1ccc(F)cc1)NCCOc1ccccc1. The molecular weight excluding hydrogens is 323 g/mol. The molecule has 0 unspecified atom stereocenters. The summed E-state index contributed by atoms with van der Waals surface area (Å²) < 4.78 is 23.7. The van der Waals surface area contributed by atoms with E-state index in [1.807, 2.05) is 30.3 Å². The molecule has 0 radical (unpaired) electrons. The third kappa shape index (κ3) is 8.06. The van der Waals surface area contributed by atoms with E-state index >= 15 is 0 Å². The van der Waals surface area contributed by atoms with Gasteiger partial charge in [0.05, 0.1) is 13.2 Å². The summed E-state index contributed by atoms with van der Waals surface area (Å²) in [4.78, 5) is 11.6. The number of carbonyl (C=O) groups excluding carboxylic acids is 1. The van der Waals surface area contributed by atoms with Crippen LogP contribution in [0.4, 0.5) is 9.18 Å². The lowest BCUT2D eigenvalue weighted by molar-refractivity contribution is 0.235. The van der Waals surface area contributed by atoms with Crippen LogP contribution in [0.15, 0.2) is 54.6 Å². The normalized spacial score (nSPS) is 10.1. The Morgan fingerprint density at radius 3 is 2.20 bits per heavy atom. The Balaban J connectivity index is 1.43. The van der Waals surface area contributed by atoms with Crippen LogP contribution in [0.3, 0.4) is 0 Å². The number of ether oxygens (including phenoxy) is 2. The zero-order valence-corrected chi connectivity index (χ0v) is 14.0. The third-order valence-electron chi connectivity index (χ3n) is 3.34. The third-order valence-corrected chi connectivity index (χ3v) is 3.34. The second-order valence-corrected chi connectivity index (χ2v) is 5.35. The highest BCUT2D eigenvalue weighted by molar-refractivity contribution is 5.73. The topological polar surface area (TPSA) is 59.6 Å². The molecule has 0 aliphatic carbocycles. The first kappa shape index (κ1) is 18.6. The monoisotopic (exact) mass is 346 g/mol. The van der Waals surface area contributed by atoms with Crippen LogP contribution in [-0.2, 0) is 0 Å². The summed E-state index contributed by atoms with van der Waals surface area (Å²) >= 11 is 0. The van der Waals surface area contributed by atoms with Crippen LogP contribution < -0.4 is 20.1 Å². The predicted molar refractivity (Wildman–Crippen MR) is 94.5 cm³/mol. The molecule has 0 fully saturated rings. The van der Waals surface area contributed by atoms with Crippen molar-refractivity contribution in [2.45, 2.75) is 12.8 Å². The highest BCUT2D eigenvalue weighted by atomic mass is 19.1. The van der Waals surface area contributed by atoms with E-state index in [1.165, 1.54) is 12.1 Å². The number of rotatable bonds is 10. The summed E-state index contributed by atoms with van der Waals surface area (Å²) in [5, 5.41) is 5.51. The zero-order chi connectivity index (χ0) is 17.7. The number of halogens is 1. The first-order chi connectivity index (χ1) is 12.2. The van der Waals surface area contributed by atoms with E-state index in [2.05, 4.69) is 10.6 Å². The Morgan fingerprint density at radius 1 is 0.800 bits per heavy atom. The van der Waals surface area contributed by atoms with Crippen LogP contribution in [-0.4, -0.2) is 32.3 Å². The average molecular weight is 346 g/mol. The van der Waals surface area contributed by atoms with Crippen molar-refractivity contribution in [3.05, 3.63) is 60.4 Å². The van der Waals surface area contributed by atoms with Gasteiger partial charge in [0.1, 0.15) is 23.9 Å². The van der Waals surface area contributed by atoms with Gasteiger partial charge in [0, 0.05) is 6.54 Å². The molecular formula is C19H23FN2O3. The Kier molecular flexibility index (Phi) is 8.11. The first-order valence-electron chi connectivity index (χ1n) is 8.32. The van der Waals surface area contributed by atoms with Gasteiger partial charge in [-0.05, 0) is 49.2 Å². The number of unbranched alkanes of at least 4 members (excludes halogenated alkanes) is 1. The summed E-state index contributed by atoms with van der Waals surface area (Å²) in [6.07, 6.45) is 1.60. The van der Waals surface area contributed by atoms with Crippen LogP contribution in [0.1, 0.15) is 12.8 Å². The van der Waals surface area contributed by atoms with Crippen molar-refractivity contribution >= 4 is 6.03 Å². The molecule has 0 saturated carbocycles. The Labute approximate surface area is 147 Å². The Morgan fingerprint density at radius 2 is 1.44 bits per heavy atom. The number of para-hydroxylation sites is 1. The van der Waals surface area contributed by atoms with Crippen molar-refractivity contribution in [3.63, 3.8) is 0 Å². The van der Waals surface area contributed by atoms with Gasteiger partial charge >= 0.3 is 6.03 Å². The molecule has 0 spiro atoms. The second kappa shape index (κ2) is 10.9. The molecule has 25 heavy (non-hydrogen) atoms. The van der Waals surface area contributed by atoms with Crippen molar-refractivity contribution in [3.8, 4) is 11.5 Å². The van der Waals surface area contributed by atoms with Gasteiger partial charge in [0.15, 0.2) is 0 Å². The van der Waals surface area contributed by atoms with Gasteiger partial charge in [-0.3, -0.25) is 0 Å². The molecule has 2 aromatic carbocycles. The number of amides is 2. The fourth-order valence-electron chi connectivity index (χ4n) is 2.06. The van der Waals surface area contributed by atoms with Gasteiger partial charge < -0.3 is 20.1 Å². The highest BCUT2D eigenvalue weighted by Gasteiger charge is 2.00. The van der Waals surface area contributed by atoms with Crippen molar-refractivity contribution in [1.82, 2.24) is 10.6 Å². The molecule has 0 bridgehead atoms. The standard InChI is InChI=1S/C19H23FN2O3/c20-16-8-10-18(11-9-16)24-14-5-4-12-21-19(23)22-13-15-25-17-6-2-1-3-7-17/h1-3,6-11H,4-5,12-15H2,(H2,21,22,23). The first-order valence-corrected chi connectivity index (χ1v) is 8.32. The maximum atomic E-state index is 12.7. The van der Waals surface area contributed by atoms with Crippen LogP contribution in [0, 0.1) is 5.82 Å². The average Bonchev–Trinajstić information content (AvgIpc) is 2.64. The van der Waals surface area contributed by atoms with Crippen molar-refractivity contribution in [1.29, 1.82) is 0 Å². The fraction of sp³-hybridized carbons (Fsp3) is 0.316. The number of hydrogen-bond acceptors (Lipinski definition) is 3. The molecule has 2 N–H and O–H groups in total. The molecule has 2 rings (SSSR count). The lowest BCUT2D eigenvalue weighted by atomic mass is 10.3. The van der Waals surface area contributed by atoms with Gasteiger partial charge in [0.2, 0.25) is 0 Å². The summed E-state index contributed by atoms with van der Waals surface area (Å²) in [5.74, 6) is 1.15. The van der Waals surface area contributed by atoms with Gasteiger partial charge in [0.25, 0.3) is 0 Å². The minimum Gasteiger partial charge on any atom is -0.494 e. The lowest BCUT2D eigenvalue weighted by Crippen LogP contribution is -2.38. The quantitative estimate of drug-likeness (QED) is 0.649. The summed E-state index contributed by atoms with van der Waals surface area (Å²) in [5.41, 5.74) is 0. The second-order valence-electron chi connectivity index (χ2n) is 5.35. The smallest absolute Gasteiger partial charge is 0.314 e. The van der Waals surface area contributed by atoms with Crippen LogP contribution in [0.5, 0.6) is 11.5 Å². The number of carbonyl (C=O) groups is 1. The maximum Gasteiger partial charge on any atom is 0.314 e. The molecule has 0 aromatic heterocycles. The van der Waals surface area contributed by atoms with E-state index in [0.29, 0.717) is 32.1 Å². The number of hydrogen-bond donors (Lipinski definition) is 2. The molecule has 6 heteroatoms.